The van der Waals surface area contributed by atoms with Crippen molar-refractivity contribution < 1.29 is 25.9 Å². The molecule has 0 spiro atoms. The third kappa shape index (κ3) is 7.24. The van der Waals surface area contributed by atoms with E-state index >= 15 is 0 Å². The van der Waals surface area contributed by atoms with Crippen molar-refractivity contribution in [3.05, 3.63) is 108 Å². The largest absolute Gasteiger partial charge is 0.390 e. The van der Waals surface area contributed by atoms with Gasteiger partial charge in [0.2, 0.25) is 0 Å². The maximum Gasteiger partial charge on any atom is 0.294 e. The van der Waals surface area contributed by atoms with Gasteiger partial charge in [0.1, 0.15) is 23.4 Å². The highest BCUT2D eigenvalue weighted by Crippen LogP contribution is 2.45. The third-order valence-corrected chi connectivity index (χ3v) is 10.3. The number of nitrogens with two attached hydrogens (primary N) is 1. The Hall–Kier alpha value is -6.21. The smallest absolute Gasteiger partial charge is 0.294 e. The molecule has 0 unspecified atom stereocenters. The number of rotatable bonds is 9. The van der Waals surface area contributed by atoms with E-state index in [9.17, 15) is 36.5 Å². The van der Waals surface area contributed by atoms with Gasteiger partial charge in [-0.25, -0.2) is 4.98 Å². The minimum Gasteiger partial charge on any atom is -0.390 e. The van der Waals surface area contributed by atoms with Gasteiger partial charge in [-0.2, -0.15) is 27.4 Å². The first-order chi connectivity index (χ1) is 24.3. The number of anilines is 5. The Morgan fingerprint density at radius 1 is 0.745 bits per heavy atom. The zero-order valence-electron chi connectivity index (χ0n) is 26.2. The molecule has 0 atom stereocenters. The summed E-state index contributed by atoms with van der Waals surface area (Å²) >= 11 is 1.06. The van der Waals surface area contributed by atoms with E-state index in [-0.39, 0.29) is 43.2 Å². The number of azo groups is 1. The molecule has 0 aliphatic heterocycles. The Bertz CT molecular complexity index is 2680. The predicted octanol–water partition coefficient (Wildman–Crippen LogP) is 7.99. The van der Waals surface area contributed by atoms with Crippen molar-refractivity contribution in [2.45, 2.75) is 16.7 Å². The van der Waals surface area contributed by atoms with Gasteiger partial charge in [0, 0.05) is 22.5 Å². The van der Waals surface area contributed by atoms with Gasteiger partial charge in [-0.15, -0.1) is 10.2 Å². The molecule has 0 aliphatic carbocycles. The molecule has 51 heavy (non-hydrogen) atoms. The molecule has 0 fully saturated rings. The molecule has 6 rings (SSSR count). The monoisotopic (exact) mass is 736 g/mol. The summed E-state index contributed by atoms with van der Waals surface area (Å²) in [6.07, 6.45) is 0. The maximum absolute atomic E-state index is 11.6. The van der Waals surface area contributed by atoms with Gasteiger partial charge in [0.05, 0.1) is 20.4 Å². The number of pyridine rings is 1. The number of nitriles is 2. The van der Waals surface area contributed by atoms with Gasteiger partial charge in [-0.05, 0) is 77.9 Å². The van der Waals surface area contributed by atoms with E-state index in [0.29, 0.717) is 27.5 Å². The lowest BCUT2D eigenvalue weighted by Gasteiger charge is -2.16. The number of fused-ring (bicyclic) bond motifs is 1. The van der Waals surface area contributed by atoms with Gasteiger partial charge < -0.3 is 16.4 Å². The fourth-order valence-electron chi connectivity index (χ4n) is 5.16. The normalized spacial score (nSPS) is 11.7. The van der Waals surface area contributed by atoms with Crippen LogP contribution in [0.1, 0.15) is 16.7 Å². The van der Waals surface area contributed by atoms with Gasteiger partial charge >= 0.3 is 0 Å². The fraction of sp³-hybridized carbons (Fsp3) is 0.0294. The van der Waals surface area contributed by atoms with Crippen LogP contribution in [-0.2, 0) is 20.2 Å². The molecule has 0 amide bonds. The average Bonchev–Trinajstić information content (AvgIpc) is 3.42. The molecular weight excluding hydrogens is 713 g/mol. The van der Waals surface area contributed by atoms with Crippen LogP contribution in [0.4, 0.5) is 38.7 Å². The molecule has 14 nitrogen and oxygen atoms in total. The van der Waals surface area contributed by atoms with Crippen molar-refractivity contribution in [1.82, 2.24) is 4.98 Å². The molecule has 17 heteroatoms. The number of nitrogen functional groups attached to an aromatic ring is 1. The average molecular weight is 737 g/mol. The van der Waals surface area contributed by atoms with Gasteiger partial charge in [0.25, 0.3) is 20.2 Å². The van der Waals surface area contributed by atoms with E-state index in [1.807, 2.05) is 42.5 Å². The van der Waals surface area contributed by atoms with Crippen LogP contribution in [0, 0.1) is 29.6 Å². The second kappa shape index (κ2) is 13.6. The van der Waals surface area contributed by atoms with Crippen molar-refractivity contribution >= 4 is 81.0 Å². The lowest BCUT2D eigenvalue weighted by atomic mass is 10.00. The second-order valence-corrected chi connectivity index (χ2v) is 14.8. The molecule has 0 saturated carbocycles. The molecule has 2 aromatic heterocycles. The Balaban J connectivity index is 1.45. The number of thiophene rings is 1. The number of hydrogen-bond donors (Lipinski definition) is 5. The summed E-state index contributed by atoms with van der Waals surface area (Å²) in [6.45, 7) is 1.60. The van der Waals surface area contributed by atoms with Crippen molar-refractivity contribution in [1.29, 1.82) is 10.5 Å². The summed E-state index contributed by atoms with van der Waals surface area (Å²) in [7, 11) is -8.90. The first kappa shape index (κ1) is 34.6. The van der Waals surface area contributed by atoms with Gasteiger partial charge in [-0.3, -0.25) is 9.11 Å². The zero-order valence-corrected chi connectivity index (χ0v) is 28.7. The lowest BCUT2D eigenvalue weighted by molar-refractivity contribution is 0.481. The van der Waals surface area contributed by atoms with E-state index in [1.165, 1.54) is 48.5 Å². The van der Waals surface area contributed by atoms with Crippen molar-refractivity contribution in [3.8, 4) is 23.3 Å². The highest BCUT2D eigenvalue weighted by molar-refractivity contribution is 7.86. The highest BCUT2D eigenvalue weighted by atomic mass is 32.2. The van der Waals surface area contributed by atoms with Crippen LogP contribution >= 0.6 is 11.3 Å². The van der Waals surface area contributed by atoms with Crippen LogP contribution < -0.4 is 16.4 Å². The Morgan fingerprint density at radius 2 is 1.29 bits per heavy atom. The summed E-state index contributed by atoms with van der Waals surface area (Å²) in [6, 6.07) is 28.0. The minimum absolute atomic E-state index is 0.0438. The molecule has 2 heterocycles. The molecule has 6 aromatic rings. The van der Waals surface area contributed by atoms with E-state index in [4.69, 9.17) is 5.73 Å². The van der Waals surface area contributed by atoms with Crippen molar-refractivity contribution in [2.75, 3.05) is 16.4 Å². The summed E-state index contributed by atoms with van der Waals surface area (Å²) in [5.74, 6) is 0.104. The van der Waals surface area contributed by atoms with Gasteiger partial charge in [0.15, 0.2) is 16.6 Å². The molecular formula is C34H24N8O6S3. The number of aromatic nitrogens is 1. The van der Waals surface area contributed by atoms with E-state index in [0.717, 1.165) is 27.7 Å². The first-order valence-electron chi connectivity index (χ1n) is 14.6. The van der Waals surface area contributed by atoms with Crippen LogP contribution in [0.5, 0.6) is 0 Å². The number of nitrogens with one attached hydrogen (secondary N) is 2. The molecule has 0 saturated heterocycles. The molecule has 6 N–H and O–H groups in total. The SMILES string of the molecule is Cc1c(C#N)c(Nc2ccc(S(=O)(=O)O)cc2)nc(Nc2ccc(S(=O)(=O)O)cc2)c1N=Nc1sc(N)c(-c2ccc3ccccc3c2)c1C#N. The Morgan fingerprint density at radius 3 is 1.84 bits per heavy atom. The lowest BCUT2D eigenvalue weighted by Crippen LogP contribution is -2.05. The van der Waals surface area contributed by atoms with Crippen LogP contribution in [0.15, 0.2) is 111 Å². The highest BCUT2D eigenvalue weighted by Gasteiger charge is 2.22. The van der Waals surface area contributed by atoms with Gasteiger partial charge in [-0.1, -0.05) is 47.7 Å². The van der Waals surface area contributed by atoms with E-state index in [2.05, 4.69) is 38.0 Å². The first-order valence-corrected chi connectivity index (χ1v) is 18.3. The quantitative estimate of drug-likeness (QED) is 0.0700. The van der Waals surface area contributed by atoms with Crippen molar-refractivity contribution in [2.24, 2.45) is 10.2 Å². The maximum atomic E-state index is 11.6. The number of hydrogen-bond acceptors (Lipinski definition) is 13. The zero-order chi connectivity index (χ0) is 36.5. The number of nitrogens with zero attached hydrogens (tertiary/aromatic N) is 5. The molecule has 0 radical (unpaired) electrons. The number of benzene rings is 4. The van der Waals surface area contributed by atoms with Crippen LogP contribution in [-0.4, -0.2) is 30.9 Å². The van der Waals surface area contributed by atoms with E-state index < -0.39 is 20.2 Å². The minimum atomic E-state index is -4.46. The molecule has 4 aromatic carbocycles. The second-order valence-electron chi connectivity index (χ2n) is 10.9. The summed E-state index contributed by atoms with van der Waals surface area (Å²) in [4.78, 5) is 3.90. The summed E-state index contributed by atoms with van der Waals surface area (Å²) in [5, 5.41) is 37.7. The molecule has 0 aliphatic rings. The van der Waals surface area contributed by atoms with Crippen LogP contribution in [0.3, 0.4) is 0 Å². The summed E-state index contributed by atoms with van der Waals surface area (Å²) < 4.78 is 64.9. The third-order valence-electron chi connectivity index (χ3n) is 7.66. The Kier molecular flexibility index (Phi) is 9.24. The van der Waals surface area contributed by atoms with Crippen molar-refractivity contribution in [3.63, 3.8) is 0 Å². The Labute approximate surface area is 295 Å². The predicted molar refractivity (Wildman–Crippen MR) is 193 cm³/mol. The molecule has 254 valence electrons. The van der Waals surface area contributed by atoms with E-state index in [1.54, 1.807) is 6.92 Å². The fourth-order valence-corrected chi connectivity index (χ4v) is 6.98. The van der Waals surface area contributed by atoms with Crippen LogP contribution in [0.2, 0.25) is 0 Å². The standard InChI is InChI=1S/C34H24N8O6S3/c1-19-27(17-35)32(38-23-8-12-25(13-9-23)50(43,44)45)40-33(39-24-10-14-26(15-11-24)51(46,47)48)30(19)41-42-34-28(18-36)29(31(37)49-34)22-7-6-20-4-2-3-5-21(20)16-22/h2-16H,37H2,1H3,(H2,38,39,40)(H,43,44,45)(H,46,47,48). The van der Waals surface area contributed by atoms with Crippen LogP contribution in [0.25, 0.3) is 21.9 Å². The topological polar surface area (TPSA) is 244 Å². The summed E-state index contributed by atoms with van der Waals surface area (Å²) in [5.41, 5.74) is 8.97. The molecule has 0 bridgehead atoms.